The summed E-state index contributed by atoms with van der Waals surface area (Å²) < 4.78 is 0. The standard InChI is InChI=1S/C14H20ClN.ClH/c15-9-5-11-16-10-4-8-14(12-16)13-6-2-1-3-7-13;/h1-3,6-7,14H,4-5,8-12H2;1H. The summed E-state index contributed by atoms with van der Waals surface area (Å²) in [4.78, 5) is 1.74. The predicted octanol–water partition coefficient (Wildman–Crippen LogP) is -0.918. The first-order valence-electron chi connectivity index (χ1n) is 6.34. The van der Waals surface area contributed by atoms with Crippen LogP contribution in [0.5, 0.6) is 0 Å². The van der Waals surface area contributed by atoms with Crippen LogP contribution in [0.4, 0.5) is 0 Å². The largest absolute Gasteiger partial charge is 1.00 e. The molecule has 1 aromatic rings. The highest BCUT2D eigenvalue weighted by Crippen LogP contribution is 2.20. The van der Waals surface area contributed by atoms with Crippen molar-refractivity contribution in [2.24, 2.45) is 0 Å². The van der Waals surface area contributed by atoms with Gasteiger partial charge in [-0.05, 0) is 18.4 Å². The van der Waals surface area contributed by atoms with Crippen molar-refractivity contribution < 1.29 is 17.3 Å². The summed E-state index contributed by atoms with van der Waals surface area (Å²) in [6.45, 7) is 3.87. The van der Waals surface area contributed by atoms with E-state index in [0.29, 0.717) is 0 Å². The lowest BCUT2D eigenvalue weighted by molar-refractivity contribution is -0.906. The average molecular weight is 274 g/mol. The number of halogens is 2. The molecular weight excluding hydrogens is 253 g/mol. The zero-order valence-electron chi connectivity index (χ0n) is 10.2. The molecule has 0 radical (unpaired) electrons. The number of benzene rings is 1. The van der Waals surface area contributed by atoms with Crippen molar-refractivity contribution in [2.75, 3.05) is 25.5 Å². The van der Waals surface area contributed by atoms with Crippen molar-refractivity contribution in [3.05, 3.63) is 35.9 Å². The zero-order chi connectivity index (χ0) is 11.2. The van der Waals surface area contributed by atoms with Crippen LogP contribution < -0.4 is 17.3 Å². The van der Waals surface area contributed by atoms with Crippen LogP contribution in [-0.2, 0) is 0 Å². The molecule has 1 heterocycles. The maximum Gasteiger partial charge on any atom is 0.0840 e. The van der Waals surface area contributed by atoms with Crippen molar-refractivity contribution in [3.8, 4) is 0 Å². The van der Waals surface area contributed by atoms with E-state index in [1.807, 2.05) is 0 Å². The van der Waals surface area contributed by atoms with E-state index in [9.17, 15) is 0 Å². The summed E-state index contributed by atoms with van der Waals surface area (Å²) in [5.41, 5.74) is 1.52. The molecule has 1 nitrogen and oxygen atoms in total. The van der Waals surface area contributed by atoms with Crippen LogP contribution in [0.3, 0.4) is 0 Å². The van der Waals surface area contributed by atoms with Crippen molar-refractivity contribution in [3.63, 3.8) is 0 Å². The first kappa shape index (κ1) is 14.8. The fraction of sp³-hybridized carbons (Fsp3) is 0.571. The van der Waals surface area contributed by atoms with Crippen LogP contribution in [-0.4, -0.2) is 25.5 Å². The molecule has 1 fully saturated rings. The maximum absolute atomic E-state index is 5.76. The molecule has 2 atom stereocenters. The van der Waals surface area contributed by atoms with Crippen LogP contribution in [0.25, 0.3) is 0 Å². The number of alkyl halides is 1. The molecule has 2 rings (SSSR count). The molecular formula is C14H21Cl2N. The molecule has 1 aromatic carbocycles. The SMILES string of the molecule is ClCCC[NH+]1CCCC(c2ccccc2)C1.[Cl-]. The van der Waals surface area contributed by atoms with Gasteiger partial charge in [0, 0.05) is 18.2 Å². The van der Waals surface area contributed by atoms with Crippen LogP contribution in [0, 0.1) is 0 Å². The number of quaternary nitrogens is 1. The zero-order valence-corrected chi connectivity index (χ0v) is 11.7. The lowest BCUT2D eigenvalue weighted by atomic mass is 9.91. The number of piperidine rings is 1. The lowest BCUT2D eigenvalue weighted by Gasteiger charge is -2.30. The minimum atomic E-state index is 0. The fourth-order valence-electron chi connectivity index (χ4n) is 2.70. The molecule has 0 bridgehead atoms. The Morgan fingerprint density at radius 1 is 1.24 bits per heavy atom. The summed E-state index contributed by atoms with van der Waals surface area (Å²) in [5.74, 6) is 1.57. The van der Waals surface area contributed by atoms with Gasteiger partial charge in [0.2, 0.25) is 0 Å². The van der Waals surface area contributed by atoms with Gasteiger partial charge < -0.3 is 17.3 Å². The second kappa shape index (κ2) is 7.97. The van der Waals surface area contributed by atoms with Crippen LogP contribution >= 0.6 is 11.6 Å². The summed E-state index contributed by atoms with van der Waals surface area (Å²) in [5, 5.41) is 0. The smallest absolute Gasteiger partial charge is 0.0840 e. The quantitative estimate of drug-likeness (QED) is 0.678. The molecule has 0 aliphatic carbocycles. The Morgan fingerprint density at radius 3 is 2.71 bits per heavy atom. The van der Waals surface area contributed by atoms with E-state index in [1.165, 1.54) is 38.0 Å². The highest BCUT2D eigenvalue weighted by atomic mass is 35.5. The first-order chi connectivity index (χ1) is 7.90. The van der Waals surface area contributed by atoms with Gasteiger partial charge in [-0.25, -0.2) is 0 Å². The Kier molecular flexibility index (Phi) is 6.94. The Bertz CT molecular complexity index is 302. The Balaban J connectivity index is 0.00000144. The minimum Gasteiger partial charge on any atom is -1.00 e. The third kappa shape index (κ3) is 4.50. The van der Waals surface area contributed by atoms with E-state index in [0.717, 1.165) is 18.2 Å². The number of hydrogen-bond donors (Lipinski definition) is 1. The van der Waals surface area contributed by atoms with E-state index in [2.05, 4.69) is 30.3 Å². The number of rotatable bonds is 4. The highest BCUT2D eigenvalue weighted by Gasteiger charge is 2.23. The molecule has 0 saturated carbocycles. The van der Waals surface area contributed by atoms with Crippen LogP contribution in [0.1, 0.15) is 30.7 Å². The number of likely N-dealkylation sites (tertiary alicyclic amines) is 1. The monoisotopic (exact) mass is 273 g/mol. The van der Waals surface area contributed by atoms with Gasteiger partial charge in [0.05, 0.1) is 19.6 Å². The topological polar surface area (TPSA) is 4.44 Å². The molecule has 1 aliphatic heterocycles. The van der Waals surface area contributed by atoms with Crippen LogP contribution in [0.15, 0.2) is 30.3 Å². The van der Waals surface area contributed by atoms with E-state index < -0.39 is 0 Å². The van der Waals surface area contributed by atoms with Gasteiger partial charge in [-0.2, -0.15) is 0 Å². The molecule has 17 heavy (non-hydrogen) atoms. The van der Waals surface area contributed by atoms with Gasteiger partial charge in [0.25, 0.3) is 0 Å². The molecule has 96 valence electrons. The van der Waals surface area contributed by atoms with Crippen molar-refractivity contribution >= 4 is 11.6 Å². The number of nitrogens with one attached hydrogen (secondary N) is 1. The maximum atomic E-state index is 5.76. The van der Waals surface area contributed by atoms with E-state index in [4.69, 9.17) is 11.6 Å². The predicted molar refractivity (Wildman–Crippen MR) is 69.3 cm³/mol. The highest BCUT2D eigenvalue weighted by molar-refractivity contribution is 6.17. The van der Waals surface area contributed by atoms with Crippen molar-refractivity contribution in [1.82, 2.24) is 0 Å². The van der Waals surface area contributed by atoms with Gasteiger partial charge in [0.15, 0.2) is 0 Å². The fourth-order valence-corrected chi connectivity index (χ4v) is 2.84. The molecule has 1 N–H and O–H groups in total. The van der Waals surface area contributed by atoms with Crippen molar-refractivity contribution in [1.29, 1.82) is 0 Å². The third-order valence-electron chi connectivity index (χ3n) is 3.55. The van der Waals surface area contributed by atoms with E-state index in [1.54, 1.807) is 4.90 Å². The summed E-state index contributed by atoms with van der Waals surface area (Å²) >= 11 is 5.76. The van der Waals surface area contributed by atoms with Crippen LogP contribution in [0.2, 0.25) is 0 Å². The Morgan fingerprint density at radius 2 is 2.00 bits per heavy atom. The van der Waals surface area contributed by atoms with Gasteiger partial charge >= 0.3 is 0 Å². The Hall–Kier alpha value is -0.240. The molecule has 0 aromatic heterocycles. The third-order valence-corrected chi connectivity index (χ3v) is 3.82. The molecule has 0 spiro atoms. The van der Waals surface area contributed by atoms with Gasteiger partial charge in [0.1, 0.15) is 0 Å². The van der Waals surface area contributed by atoms with Crippen molar-refractivity contribution in [2.45, 2.75) is 25.2 Å². The molecule has 1 aliphatic rings. The first-order valence-corrected chi connectivity index (χ1v) is 6.88. The average Bonchev–Trinajstić information content (AvgIpc) is 2.38. The van der Waals surface area contributed by atoms with E-state index in [-0.39, 0.29) is 12.4 Å². The number of hydrogen-bond acceptors (Lipinski definition) is 0. The summed E-state index contributed by atoms with van der Waals surface area (Å²) in [6, 6.07) is 11.0. The van der Waals surface area contributed by atoms with E-state index >= 15 is 0 Å². The molecule has 1 saturated heterocycles. The summed E-state index contributed by atoms with van der Waals surface area (Å²) in [6.07, 6.45) is 3.87. The minimum absolute atomic E-state index is 0. The Labute approximate surface area is 116 Å². The normalized spacial score (nSPS) is 24.1. The summed E-state index contributed by atoms with van der Waals surface area (Å²) in [7, 11) is 0. The second-order valence-electron chi connectivity index (χ2n) is 4.75. The van der Waals surface area contributed by atoms with Gasteiger partial charge in [-0.3, -0.25) is 0 Å². The lowest BCUT2D eigenvalue weighted by Crippen LogP contribution is -3.13. The molecule has 2 unspecified atom stereocenters. The molecule has 0 amide bonds. The van der Waals surface area contributed by atoms with Gasteiger partial charge in [-0.1, -0.05) is 30.3 Å². The molecule has 3 heteroatoms. The van der Waals surface area contributed by atoms with Gasteiger partial charge in [-0.15, -0.1) is 11.6 Å². The second-order valence-corrected chi connectivity index (χ2v) is 5.12.